The Bertz CT molecular complexity index is 968. The van der Waals surface area contributed by atoms with Crippen molar-refractivity contribution >= 4 is 45.6 Å². The van der Waals surface area contributed by atoms with Crippen molar-refractivity contribution in [2.24, 2.45) is 0 Å². The second kappa shape index (κ2) is 7.15. The zero-order chi connectivity index (χ0) is 18.1. The molecule has 1 aliphatic heterocycles. The lowest BCUT2D eigenvalue weighted by atomic mass is 10.2. The van der Waals surface area contributed by atoms with Crippen LogP contribution in [0.2, 0.25) is 10.0 Å². The van der Waals surface area contributed by atoms with E-state index in [0.29, 0.717) is 40.6 Å². The van der Waals surface area contributed by atoms with Crippen LogP contribution in [-0.2, 0) is 4.74 Å². The molecule has 4 rings (SSSR count). The van der Waals surface area contributed by atoms with Gasteiger partial charge in [-0.2, -0.15) is 0 Å². The van der Waals surface area contributed by atoms with Crippen molar-refractivity contribution < 1.29 is 14.2 Å². The Hall–Kier alpha value is -2.28. The molecule has 0 amide bonds. The van der Waals surface area contributed by atoms with E-state index in [9.17, 15) is 0 Å². The van der Waals surface area contributed by atoms with Crippen LogP contribution in [0.1, 0.15) is 0 Å². The third-order valence-corrected chi connectivity index (χ3v) is 4.69. The summed E-state index contributed by atoms with van der Waals surface area (Å²) < 4.78 is 16.9. The van der Waals surface area contributed by atoms with Crippen LogP contribution in [0.5, 0.6) is 11.5 Å². The van der Waals surface area contributed by atoms with Gasteiger partial charge in [-0.1, -0.05) is 23.2 Å². The number of nitrogens with zero attached hydrogens (tertiary/aromatic N) is 2. The molecule has 1 unspecified atom stereocenters. The highest BCUT2D eigenvalue weighted by molar-refractivity contribution is 6.42. The maximum atomic E-state index is 6.09. The van der Waals surface area contributed by atoms with Crippen LogP contribution >= 0.6 is 23.2 Å². The molecular formula is C18H15Cl2N3O3. The largest absolute Gasteiger partial charge is 0.486 e. The van der Waals surface area contributed by atoms with Crippen molar-refractivity contribution in [1.82, 2.24) is 9.97 Å². The monoisotopic (exact) mass is 391 g/mol. The highest BCUT2D eigenvalue weighted by atomic mass is 35.5. The van der Waals surface area contributed by atoms with Gasteiger partial charge in [0, 0.05) is 24.2 Å². The van der Waals surface area contributed by atoms with E-state index in [1.807, 2.05) is 18.2 Å². The predicted molar refractivity (Wildman–Crippen MR) is 101 cm³/mol. The lowest BCUT2D eigenvalue weighted by Crippen LogP contribution is -2.32. The second-order valence-corrected chi connectivity index (χ2v) is 6.61. The van der Waals surface area contributed by atoms with Gasteiger partial charge < -0.3 is 19.5 Å². The number of aromatic nitrogens is 2. The van der Waals surface area contributed by atoms with Gasteiger partial charge in [0.1, 0.15) is 18.8 Å². The van der Waals surface area contributed by atoms with Crippen molar-refractivity contribution in [3.8, 4) is 11.5 Å². The summed E-state index contributed by atoms with van der Waals surface area (Å²) in [7, 11) is 1.63. The fourth-order valence-corrected chi connectivity index (χ4v) is 3.04. The van der Waals surface area contributed by atoms with Crippen molar-refractivity contribution in [2.75, 3.05) is 25.6 Å². The molecule has 0 spiro atoms. The maximum Gasteiger partial charge on any atom is 0.163 e. The number of methoxy groups -OCH3 is 1. The minimum Gasteiger partial charge on any atom is -0.486 e. The second-order valence-electron chi connectivity index (χ2n) is 5.80. The molecule has 0 saturated carbocycles. The third kappa shape index (κ3) is 3.35. The summed E-state index contributed by atoms with van der Waals surface area (Å²) in [4.78, 5) is 8.66. The summed E-state index contributed by atoms with van der Waals surface area (Å²) in [5.74, 6) is 1.93. The highest BCUT2D eigenvalue weighted by Gasteiger charge is 2.22. The van der Waals surface area contributed by atoms with E-state index in [1.165, 1.54) is 6.33 Å². The van der Waals surface area contributed by atoms with E-state index in [4.69, 9.17) is 37.4 Å². The van der Waals surface area contributed by atoms with Crippen LogP contribution in [0.15, 0.2) is 36.7 Å². The summed E-state index contributed by atoms with van der Waals surface area (Å²) in [6.45, 7) is 0.892. The van der Waals surface area contributed by atoms with Crippen molar-refractivity contribution in [3.05, 3.63) is 46.7 Å². The zero-order valence-electron chi connectivity index (χ0n) is 13.8. The third-order valence-electron chi connectivity index (χ3n) is 3.95. The number of fused-ring (bicyclic) bond motifs is 2. The minimum absolute atomic E-state index is 0.152. The minimum atomic E-state index is -0.152. The average molecular weight is 392 g/mol. The zero-order valence-corrected chi connectivity index (χ0v) is 15.3. The predicted octanol–water partition coefficient (Wildman–Crippen LogP) is 4.47. The Morgan fingerprint density at radius 3 is 2.85 bits per heavy atom. The molecule has 0 fully saturated rings. The molecule has 3 aromatic rings. The van der Waals surface area contributed by atoms with Crippen molar-refractivity contribution in [3.63, 3.8) is 0 Å². The number of ether oxygens (including phenoxy) is 3. The van der Waals surface area contributed by atoms with Crippen molar-refractivity contribution in [1.29, 1.82) is 0 Å². The topological polar surface area (TPSA) is 65.5 Å². The summed E-state index contributed by atoms with van der Waals surface area (Å²) >= 11 is 12.1. The van der Waals surface area contributed by atoms with Gasteiger partial charge in [-0.05, 0) is 24.3 Å². The molecule has 0 aliphatic carbocycles. The molecule has 26 heavy (non-hydrogen) atoms. The fourth-order valence-electron chi connectivity index (χ4n) is 2.74. The first kappa shape index (κ1) is 17.1. The highest BCUT2D eigenvalue weighted by Crippen LogP contribution is 2.38. The van der Waals surface area contributed by atoms with Gasteiger partial charge in [0.05, 0.1) is 22.2 Å². The van der Waals surface area contributed by atoms with E-state index < -0.39 is 0 Å². The van der Waals surface area contributed by atoms with E-state index in [2.05, 4.69) is 15.3 Å². The number of hydrogen-bond donors (Lipinski definition) is 1. The van der Waals surface area contributed by atoms with Crippen LogP contribution < -0.4 is 14.8 Å². The number of nitrogens with one attached hydrogen (secondary N) is 1. The Kier molecular flexibility index (Phi) is 4.72. The van der Waals surface area contributed by atoms with Crippen LogP contribution in [-0.4, -0.2) is 36.4 Å². The molecule has 1 atom stereocenters. The van der Waals surface area contributed by atoms with Crippen LogP contribution in [0.25, 0.3) is 10.9 Å². The molecular weight excluding hydrogens is 377 g/mol. The summed E-state index contributed by atoms with van der Waals surface area (Å²) in [5, 5.41) is 5.01. The Morgan fingerprint density at radius 2 is 2.04 bits per heavy atom. The van der Waals surface area contributed by atoms with Gasteiger partial charge in [-0.25, -0.2) is 9.97 Å². The van der Waals surface area contributed by atoms with Crippen LogP contribution in [0, 0.1) is 0 Å². The molecule has 0 radical (unpaired) electrons. The molecule has 2 aromatic carbocycles. The lowest BCUT2D eigenvalue weighted by Gasteiger charge is -2.26. The van der Waals surface area contributed by atoms with Crippen molar-refractivity contribution in [2.45, 2.75) is 6.10 Å². The molecule has 0 bridgehead atoms. The molecule has 6 nitrogen and oxygen atoms in total. The maximum absolute atomic E-state index is 6.09. The number of halogens is 2. The Labute approximate surface area is 160 Å². The van der Waals surface area contributed by atoms with E-state index in [1.54, 1.807) is 19.2 Å². The smallest absolute Gasteiger partial charge is 0.163 e. The number of benzene rings is 2. The van der Waals surface area contributed by atoms with Gasteiger partial charge >= 0.3 is 0 Å². The van der Waals surface area contributed by atoms with Gasteiger partial charge in [-0.15, -0.1) is 0 Å². The van der Waals surface area contributed by atoms with Crippen LogP contribution in [0.4, 0.5) is 11.5 Å². The normalized spacial score (nSPS) is 15.9. The molecule has 1 aliphatic rings. The quantitative estimate of drug-likeness (QED) is 0.707. The van der Waals surface area contributed by atoms with Gasteiger partial charge in [0.25, 0.3) is 0 Å². The SMILES string of the molecule is COCC1COc2cc3ncnc(Nc4ccc(Cl)c(Cl)c4)c3cc2O1. The number of rotatable bonds is 4. The number of hydrogen-bond acceptors (Lipinski definition) is 6. The van der Waals surface area contributed by atoms with E-state index >= 15 is 0 Å². The summed E-state index contributed by atoms with van der Waals surface area (Å²) in [6.07, 6.45) is 1.34. The molecule has 1 N–H and O–H groups in total. The van der Waals surface area contributed by atoms with E-state index in [-0.39, 0.29) is 6.10 Å². The summed E-state index contributed by atoms with van der Waals surface area (Å²) in [5.41, 5.74) is 1.52. The first-order chi connectivity index (χ1) is 12.6. The lowest BCUT2D eigenvalue weighted by molar-refractivity contribution is 0.0274. The van der Waals surface area contributed by atoms with Crippen LogP contribution in [0.3, 0.4) is 0 Å². The standard InChI is InChI=1S/C18H15Cl2N3O3/c1-24-7-11-8-25-16-6-15-12(5-17(16)26-11)18(22-9-21-15)23-10-2-3-13(19)14(20)4-10/h2-6,9,11H,7-8H2,1H3,(H,21,22,23). The Balaban J connectivity index is 1.71. The molecule has 8 heteroatoms. The first-order valence-electron chi connectivity index (χ1n) is 7.93. The number of anilines is 2. The summed E-state index contributed by atoms with van der Waals surface area (Å²) in [6, 6.07) is 9.00. The average Bonchev–Trinajstić information content (AvgIpc) is 2.64. The van der Waals surface area contributed by atoms with Gasteiger partial charge in [0.2, 0.25) is 0 Å². The van der Waals surface area contributed by atoms with Gasteiger partial charge in [-0.3, -0.25) is 0 Å². The van der Waals surface area contributed by atoms with E-state index in [0.717, 1.165) is 16.6 Å². The Morgan fingerprint density at radius 1 is 1.15 bits per heavy atom. The molecule has 0 saturated heterocycles. The fraction of sp³-hybridized carbons (Fsp3) is 0.222. The first-order valence-corrected chi connectivity index (χ1v) is 8.69. The van der Waals surface area contributed by atoms with Gasteiger partial charge in [0.15, 0.2) is 17.6 Å². The molecule has 134 valence electrons. The molecule has 2 heterocycles. The molecule has 1 aromatic heterocycles.